The normalized spacial score (nSPS) is 11.3. The fourth-order valence-electron chi connectivity index (χ4n) is 0.831. The maximum atomic E-state index is 8.30. The van der Waals surface area contributed by atoms with Gasteiger partial charge in [0.1, 0.15) is 6.17 Å². The minimum Gasteiger partial charge on any atom is -0.364 e. The van der Waals surface area contributed by atoms with Crippen molar-refractivity contribution < 1.29 is 0 Å². The molecule has 1 aromatic rings. The zero-order valence-corrected chi connectivity index (χ0v) is 6.78. The van der Waals surface area contributed by atoms with Gasteiger partial charge >= 0.3 is 0 Å². The first-order chi connectivity index (χ1) is 5.83. The minimum absolute atomic E-state index is 0.0702. The number of aromatic nitrogens is 1. The van der Waals surface area contributed by atoms with E-state index in [0.29, 0.717) is 0 Å². The Morgan fingerprint density at radius 2 is 2.50 bits per heavy atom. The molecule has 0 saturated carbocycles. The maximum Gasteiger partial charge on any atom is 0.178 e. The molecular weight excluding hydrogens is 152 g/mol. The quantitative estimate of drug-likeness (QED) is 0.394. The van der Waals surface area contributed by atoms with Crippen molar-refractivity contribution in [3.63, 3.8) is 0 Å². The summed E-state index contributed by atoms with van der Waals surface area (Å²) in [7, 11) is 0. The van der Waals surface area contributed by atoms with Gasteiger partial charge in [0.2, 0.25) is 0 Å². The topological polar surface area (TPSA) is 60.7 Å². The molecule has 1 atom stereocenters. The summed E-state index contributed by atoms with van der Waals surface area (Å²) in [5.74, 6) is 0. The molecule has 0 saturated heterocycles. The van der Waals surface area contributed by atoms with Gasteiger partial charge in [0, 0.05) is 12.4 Å². The largest absolute Gasteiger partial charge is 0.364 e. The van der Waals surface area contributed by atoms with Crippen LogP contribution >= 0.6 is 0 Å². The van der Waals surface area contributed by atoms with Gasteiger partial charge < -0.3 is 10.6 Å². The molecular formula is C8H10N4. The van der Waals surface area contributed by atoms with Crippen LogP contribution in [0, 0.1) is 11.5 Å². The lowest BCUT2D eigenvalue weighted by atomic mass is 10.4. The van der Waals surface area contributed by atoms with Gasteiger partial charge in [-0.3, -0.25) is 4.98 Å². The summed E-state index contributed by atoms with van der Waals surface area (Å²) in [6.45, 7) is 1.86. The van der Waals surface area contributed by atoms with Crippen LogP contribution in [0.25, 0.3) is 0 Å². The Bertz CT molecular complexity index is 264. The average Bonchev–Trinajstić information content (AvgIpc) is 2.06. The van der Waals surface area contributed by atoms with E-state index in [1.54, 1.807) is 12.4 Å². The molecule has 0 spiro atoms. The molecule has 0 aliphatic carbocycles. The van der Waals surface area contributed by atoms with E-state index in [4.69, 9.17) is 5.26 Å². The Kier molecular flexibility index (Phi) is 2.91. The second-order valence-corrected chi connectivity index (χ2v) is 2.36. The van der Waals surface area contributed by atoms with Crippen molar-refractivity contribution in [1.29, 1.82) is 5.26 Å². The number of hydrogen-bond acceptors (Lipinski definition) is 4. The number of nitrogens with one attached hydrogen (secondary N) is 2. The van der Waals surface area contributed by atoms with Crippen molar-refractivity contribution in [1.82, 2.24) is 10.3 Å². The predicted molar refractivity (Wildman–Crippen MR) is 46.1 cm³/mol. The van der Waals surface area contributed by atoms with Gasteiger partial charge in [-0.2, -0.15) is 5.26 Å². The van der Waals surface area contributed by atoms with E-state index >= 15 is 0 Å². The molecule has 2 N–H and O–H groups in total. The maximum absolute atomic E-state index is 8.30. The summed E-state index contributed by atoms with van der Waals surface area (Å²) in [6.07, 6.45) is 5.19. The van der Waals surface area contributed by atoms with Crippen LogP contribution in [-0.4, -0.2) is 11.1 Å². The second kappa shape index (κ2) is 4.19. The molecule has 12 heavy (non-hydrogen) atoms. The van der Waals surface area contributed by atoms with E-state index in [2.05, 4.69) is 15.6 Å². The molecule has 1 heterocycles. The third-order valence-corrected chi connectivity index (χ3v) is 1.33. The number of anilines is 1. The van der Waals surface area contributed by atoms with Crippen molar-refractivity contribution in [3.8, 4) is 6.19 Å². The van der Waals surface area contributed by atoms with E-state index in [-0.39, 0.29) is 6.17 Å². The lowest BCUT2D eigenvalue weighted by molar-refractivity contribution is 0.728. The monoisotopic (exact) mass is 162 g/mol. The zero-order valence-electron chi connectivity index (χ0n) is 6.78. The Labute approximate surface area is 71.2 Å². The SMILES string of the molecule is CC(NC#N)Nc1cccnc1. The molecule has 0 amide bonds. The van der Waals surface area contributed by atoms with Crippen LogP contribution in [-0.2, 0) is 0 Å². The van der Waals surface area contributed by atoms with Gasteiger partial charge in [0.15, 0.2) is 6.19 Å². The van der Waals surface area contributed by atoms with Crippen LogP contribution in [0.15, 0.2) is 24.5 Å². The van der Waals surface area contributed by atoms with E-state index in [1.165, 1.54) is 0 Å². The number of rotatable bonds is 3. The van der Waals surface area contributed by atoms with Crippen molar-refractivity contribution in [2.24, 2.45) is 0 Å². The van der Waals surface area contributed by atoms with E-state index in [1.807, 2.05) is 25.2 Å². The van der Waals surface area contributed by atoms with Crippen LogP contribution in [0.5, 0.6) is 0 Å². The molecule has 0 bridgehead atoms. The molecule has 1 aromatic heterocycles. The summed E-state index contributed by atoms with van der Waals surface area (Å²) < 4.78 is 0. The van der Waals surface area contributed by atoms with Crippen molar-refractivity contribution in [2.75, 3.05) is 5.32 Å². The Morgan fingerprint density at radius 1 is 1.67 bits per heavy atom. The molecule has 1 unspecified atom stereocenters. The number of pyridine rings is 1. The van der Waals surface area contributed by atoms with Gasteiger partial charge in [0.25, 0.3) is 0 Å². The summed E-state index contributed by atoms with van der Waals surface area (Å²) in [6, 6.07) is 3.73. The zero-order chi connectivity index (χ0) is 8.81. The van der Waals surface area contributed by atoms with Crippen LogP contribution in [0.3, 0.4) is 0 Å². The van der Waals surface area contributed by atoms with E-state index < -0.39 is 0 Å². The lowest BCUT2D eigenvalue weighted by Crippen LogP contribution is -2.29. The van der Waals surface area contributed by atoms with E-state index in [0.717, 1.165) is 5.69 Å². The highest BCUT2D eigenvalue weighted by molar-refractivity contribution is 5.40. The first-order valence-electron chi connectivity index (χ1n) is 3.64. The van der Waals surface area contributed by atoms with Crippen molar-refractivity contribution in [2.45, 2.75) is 13.1 Å². The highest BCUT2D eigenvalue weighted by Crippen LogP contribution is 2.02. The number of hydrogen-bond donors (Lipinski definition) is 2. The fraction of sp³-hybridized carbons (Fsp3) is 0.250. The van der Waals surface area contributed by atoms with Gasteiger partial charge in [-0.05, 0) is 19.1 Å². The molecule has 4 heteroatoms. The van der Waals surface area contributed by atoms with Gasteiger partial charge in [-0.15, -0.1) is 0 Å². The smallest absolute Gasteiger partial charge is 0.178 e. The predicted octanol–water partition coefficient (Wildman–Crippen LogP) is 0.910. The fourth-order valence-corrected chi connectivity index (χ4v) is 0.831. The van der Waals surface area contributed by atoms with Crippen LogP contribution < -0.4 is 10.6 Å². The highest BCUT2D eigenvalue weighted by Gasteiger charge is 1.97. The standard InChI is InChI=1S/C8H10N4/c1-7(11-6-9)12-8-3-2-4-10-5-8/h2-5,7,11-12H,1H3. The van der Waals surface area contributed by atoms with Crippen LogP contribution in [0.4, 0.5) is 5.69 Å². The van der Waals surface area contributed by atoms with Gasteiger partial charge in [0.05, 0.1) is 5.69 Å². The second-order valence-electron chi connectivity index (χ2n) is 2.36. The molecule has 0 aromatic carbocycles. The summed E-state index contributed by atoms with van der Waals surface area (Å²) in [5.41, 5.74) is 0.896. The molecule has 4 nitrogen and oxygen atoms in total. The third kappa shape index (κ3) is 2.46. The molecule has 0 aliphatic rings. The first-order valence-corrected chi connectivity index (χ1v) is 3.64. The number of nitrogens with zero attached hydrogens (tertiary/aromatic N) is 2. The third-order valence-electron chi connectivity index (χ3n) is 1.33. The summed E-state index contributed by atoms with van der Waals surface area (Å²) in [4.78, 5) is 3.92. The molecule has 1 rings (SSSR count). The minimum atomic E-state index is -0.0702. The first kappa shape index (κ1) is 8.34. The van der Waals surface area contributed by atoms with Crippen LogP contribution in [0.1, 0.15) is 6.92 Å². The van der Waals surface area contributed by atoms with Gasteiger partial charge in [-0.25, -0.2) is 0 Å². The van der Waals surface area contributed by atoms with Crippen LogP contribution in [0.2, 0.25) is 0 Å². The summed E-state index contributed by atoms with van der Waals surface area (Å²) in [5, 5.41) is 13.9. The van der Waals surface area contributed by atoms with Gasteiger partial charge in [-0.1, -0.05) is 0 Å². The van der Waals surface area contributed by atoms with Crippen molar-refractivity contribution in [3.05, 3.63) is 24.5 Å². The lowest BCUT2D eigenvalue weighted by Gasteiger charge is -2.11. The number of nitriles is 1. The molecule has 0 radical (unpaired) electrons. The average molecular weight is 162 g/mol. The Morgan fingerprint density at radius 3 is 3.08 bits per heavy atom. The summed E-state index contributed by atoms with van der Waals surface area (Å²) >= 11 is 0. The Balaban J connectivity index is 2.48. The molecule has 0 fully saturated rings. The molecule has 62 valence electrons. The highest BCUT2D eigenvalue weighted by atomic mass is 15.1. The Hall–Kier alpha value is -1.76. The van der Waals surface area contributed by atoms with Crippen molar-refractivity contribution >= 4 is 5.69 Å². The van der Waals surface area contributed by atoms with E-state index in [9.17, 15) is 0 Å². The molecule has 0 aliphatic heterocycles.